The molecule has 1 aromatic heterocycles. The maximum absolute atomic E-state index is 11.9. The molecule has 0 bridgehead atoms. The Bertz CT molecular complexity index is 385. The summed E-state index contributed by atoms with van der Waals surface area (Å²) >= 11 is 0. The van der Waals surface area contributed by atoms with E-state index in [4.69, 9.17) is 11.5 Å². The van der Waals surface area contributed by atoms with Crippen LogP contribution in [0.1, 0.15) is 36.0 Å². The highest BCUT2D eigenvalue weighted by Gasteiger charge is 2.35. The van der Waals surface area contributed by atoms with E-state index in [0.29, 0.717) is 17.8 Å². The normalized spacial score (nSPS) is 18.2. The summed E-state index contributed by atoms with van der Waals surface area (Å²) in [6.07, 6.45) is 4.93. The number of rotatable bonds is 3. The summed E-state index contributed by atoms with van der Waals surface area (Å²) in [5, 5.41) is 0. The summed E-state index contributed by atoms with van der Waals surface area (Å²) in [7, 11) is 0. The van der Waals surface area contributed by atoms with Crippen LogP contribution in [0.15, 0.2) is 18.3 Å². The van der Waals surface area contributed by atoms with Gasteiger partial charge in [-0.1, -0.05) is 0 Å². The van der Waals surface area contributed by atoms with E-state index in [-0.39, 0.29) is 11.3 Å². The highest BCUT2D eigenvalue weighted by atomic mass is 16.1. The molecule has 0 aromatic carbocycles. The molecule has 0 spiro atoms. The highest BCUT2D eigenvalue weighted by Crippen LogP contribution is 2.33. The summed E-state index contributed by atoms with van der Waals surface area (Å²) in [4.78, 5) is 15.8. The van der Waals surface area contributed by atoms with Crippen molar-refractivity contribution in [3.63, 3.8) is 0 Å². The van der Waals surface area contributed by atoms with Crippen LogP contribution in [0, 0.1) is 0 Å². The Labute approximate surface area is 88.7 Å². The lowest BCUT2D eigenvalue weighted by molar-refractivity contribution is 0.0913. The first-order chi connectivity index (χ1) is 7.11. The van der Waals surface area contributed by atoms with E-state index >= 15 is 0 Å². The maximum Gasteiger partial charge on any atom is 0.168 e. The number of nitrogens with two attached hydrogens (primary N) is 2. The molecule has 1 aromatic rings. The zero-order valence-corrected chi connectivity index (χ0v) is 8.57. The summed E-state index contributed by atoms with van der Waals surface area (Å²) < 4.78 is 0. The van der Waals surface area contributed by atoms with Gasteiger partial charge in [0.2, 0.25) is 0 Å². The van der Waals surface area contributed by atoms with Crippen LogP contribution in [0.5, 0.6) is 0 Å². The largest absolute Gasteiger partial charge is 0.383 e. The van der Waals surface area contributed by atoms with Crippen molar-refractivity contribution < 1.29 is 4.79 Å². The quantitative estimate of drug-likeness (QED) is 0.724. The average molecular weight is 205 g/mol. The Morgan fingerprint density at radius 3 is 2.80 bits per heavy atom. The molecular weight excluding hydrogens is 190 g/mol. The van der Waals surface area contributed by atoms with Gasteiger partial charge in [0.1, 0.15) is 5.82 Å². The molecule has 1 fully saturated rings. The third-order valence-electron chi connectivity index (χ3n) is 3.00. The second-order valence-corrected chi connectivity index (χ2v) is 4.25. The third kappa shape index (κ3) is 1.99. The van der Waals surface area contributed by atoms with Gasteiger partial charge < -0.3 is 11.5 Å². The number of nitrogen functional groups attached to an aromatic ring is 1. The molecule has 4 N–H and O–H groups in total. The second kappa shape index (κ2) is 3.62. The van der Waals surface area contributed by atoms with Gasteiger partial charge in [-0.25, -0.2) is 4.98 Å². The van der Waals surface area contributed by atoms with E-state index in [9.17, 15) is 4.79 Å². The van der Waals surface area contributed by atoms with Crippen LogP contribution in [0.3, 0.4) is 0 Å². The molecule has 2 rings (SSSR count). The molecule has 1 heterocycles. The summed E-state index contributed by atoms with van der Waals surface area (Å²) in [5.74, 6) is 0.299. The second-order valence-electron chi connectivity index (χ2n) is 4.25. The van der Waals surface area contributed by atoms with Gasteiger partial charge in [-0.05, 0) is 31.4 Å². The minimum absolute atomic E-state index is 0.00259. The number of aromatic nitrogens is 1. The first-order valence-electron chi connectivity index (χ1n) is 5.13. The van der Waals surface area contributed by atoms with E-state index in [2.05, 4.69) is 4.98 Å². The summed E-state index contributed by atoms with van der Waals surface area (Å²) in [6, 6.07) is 3.42. The fourth-order valence-electron chi connectivity index (χ4n) is 1.88. The van der Waals surface area contributed by atoms with E-state index in [0.717, 1.165) is 19.3 Å². The molecule has 0 unspecified atom stereocenters. The van der Waals surface area contributed by atoms with Crippen LogP contribution in [0.2, 0.25) is 0 Å². The van der Waals surface area contributed by atoms with Gasteiger partial charge in [0.05, 0.1) is 5.56 Å². The third-order valence-corrected chi connectivity index (χ3v) is 3.00. The van der Waals surface area contributed by atoms with E-state index in [1.54, 1.807) is 18.3 Å². The molecular formula is C11H15N3O. The summed E-state index contributed by atoms with van der Waals surface area (Å²) in [6.45, 7) is 0. The van der Waals surface area contributed by atoms with Crippen LogP contribution < -0.4 is 11.5 Å². The van der Waals surface area contributed by atoms with Crippen molar-refractivity contribution in [1.29, 1.82) is 0 Å². The molecule has 1 aliphatic carbocycles. The molecule has 4 heteroatoms. The van der Waals surface area contributed by atoms with Crippen molar-refractivity contribution in [2.75, 3.05) is 5.73 Å². The van der Waals surface area contributed by atoms with Crippen molar-refractivity contribution in [3.05, 3.63) is 23.9 Å². The molecule has 1 aliphatic rings. The number of anilines is 1. The zero-order valence-electron chi connectivity index (χ0n) is 8.57. The van der Waals surface area contributed by atoms with Gasteiger partial charge in [-0.15, -0.1) is 0 Å². The highest BCUT2D eigenvalue weighted by molar-refractivity contribution is 6.00. The Hall–Kier alpha value is -1.42. The number of pyridine rings is 1. The van der Waals surface area contributed by atoms with Gasteiger partial charge in [0.25, 0.3) is 0 Å². The Morgan fingerprint density at radius 2 is 2.27 bits per heavy atom. The predicted molar refractivity (Wildman–Crippen MR) is 58.4 cm³/mol. The Balaban J connectivity index is 2.11. The number of hydrogen-bond donors (Lipinski definition) is 2. The standard InChI is InChI=1S/C11H15N3O/c12-10-8(3-1-6-14-10)9(15)7-11(13)4-2-5-11/h1,3,6H,2,4-5,7,13H2,(H2,12,14). The van der Waals surface area contributed by atoms with E-state index in [1.165, 1.54) is 0 Å². The van der Waals surface area contributed by atoms with Crippen LogP contribution in [-0.4, -0.2) is 16.3 Å². The predicted octanol–water partition coefficient (Wildman–Crippen LogP) is 1.12. The molecule has 0 saturated heterocycles. The number of ketones is 1. The fraction of sp³-hybridized carbons (Fsp3) is 0.455. The van der Waals surface area contributed by atoms with E-state index in [1.807, 2.05) is 0 Å². The van der Waals surface area contributed by atoms with Crippen molar-refractivity contribution in [2.24, 2.45) is 5.73 Å². The first-order valence-corrected chi connectivity index (χ1v) is 5.13. The Morgan fingerprint density at radius 1 is 1.53 bits per heavy atom. The first kappa shape index (κ1) is 10.1. The molecule has 0 atom stereocenters. The molecule has 80 valence electrons. The molecule has 0 aliphatic heterocycles. The smallest absolute Gasteiger partial charge is 0.168 e. The summed E-state index contributed by atoms with van der Waals surface area (Å²) in [5.41, 5.74) is 11.8. The Kier molecular flexibility index (Phi) is 2.44. The van der Waals surface area contributed by atoms with Gasteiger partial charge in [-0.3, -0.25) is 4.79 Å². The number of nitrogens with zero attached hydrogens (tertiary/aromatic N) is 1. The van der Waals surface area contributed by atoms with Crippen molar-refractivity contribution in [2.45, 2.75) is 31.2 Å². The molecule has 0 radical (unpaired) electrons. The SMILES string of the molecule is Nc1ncccc1C(=O)CC1(N)CCC1. The lowest BCUT2D eigenvalue weighted by atomic mass is 9.74. The average Bonchev–Trinajstić information content (AvgIpc) is 2.16. The minimum atomic E-state index is -0.292. The van der Waals surface area contributed by atoms with Gasteiger partial charge in [-0.2, -0.15) is 0 Å². The van der Waals surface area contributed by atoms with Gasteiger partial charge in [0, 0.05) is 18.2 Å². The van der Waals surface area contributed by atoms with Crippen LogP contribution >= 0.6 is 0 Å². The van der Waals surface area contributed by atoms with Gasteiger partial charge >= 0.3 is 0 Å². The maximum atomic E-state index is 11.9. The zero-order chi connectivity index (χ0) is 10.9. The topological polar surface area (TPSA) is 82.0 Å². The van der Waals surface area contributed by atoms with E-state index < -0.39 is 0 Å². The van der Waals surface area contributed by atoms with Crippen molar-refractivity contribution in [3.8, 4) is 0 Å². The van der Waals surface area contributed by atoms with Gasteiger partial charge in [0.15, 0.2) is 5.78 Å². The number of Topliss-reactive ketones (excluding diaryl/α,β-unsaturated/α-hetero) is 1. The number of carbonyl (C=O) groups is 1. The lowest BCUT2D eigenvalue weighted by Gasteiger charge is -2.37. The molecule has 1 saturated carbocycles. The molecule has 4 nitrogen and oxygen atoms in total. The fourth-order valence-corrected chi connectivity index (χ4v) is 1.88. The minimum Gasteiger partial charge on any atom is -0.383 e. The molecule has 0 amide bonds. The van der Waals surface area contributed by atoms with Crippen molar-refractivity contribution in [1.82, 2.24) is 4.98 Å². The molecule has 15 heavy (non-hydrogen) atoms. The number of hydrogen-bond acceptors (Lipinski definition) is 4. The van der Waals surface area contributed by atoms with Crippen LogP contribution in [0.25, 0.3) is 0 Å². The number of carbonyl (C=O) groups excluding carboxylic acids is 1. The van der Waals surface area contributed by atoms with Crippen LogP contribution in [0.4, 0.5) is 5.82 Å². The van der Waals surface area contributed by atoms with Crippen molar-refractivity contribution >= 4 is 11.6 Å². The lowest BCUT2D eigenvalue weighted by Crippen LogP contribution is -2.48. The monoisotopic (exact) mass is 205 g/mol. The van der Waals surface area contributed by atoms with Crippen LogP contribution in [-0.2, 0) is 0 Å².